The third-order valence-corrected chi connectivity index (χ3v) is 3.62. The van der Waals surface area contributed by atoms with Crippen LogP contribution in [0.2, 0.25) is 0 Å². The molecule has 5 heteroatoms. The molecule has 0 fully saturated rings. The predicted octanol–water partition coefficient (Wildman–Crippen LogP) is 3.66. The third kappa shape index (κ3) is 2.19. The minimum absolute atomic E-state index is 0.263. The number of benzene rings is 2. The van der Waals surface area contributed by atoms with Crippen molar-refractivity contribution >= 4 is 31.2 Å². The van der Waals surface area contributed by atoms with E-state index in [-0.39, 0.29) is 5.56 Å². The van der Waals surface area contributed by atoms with Gasteiger partial charge in [0.1, 0.15) is 11.5 Å². The number of carboxylic acid groups (broad SMARTS) is 1. The van der Waals surface area contributed by atoms with Gasteiger partial charge in [0.25, 0.3) is 0 Å². The zero-order chi connectivity index (χ0) is 13.6. The number of carbonyl (C=O) groups is 1. The molecule has 0 aromatic heterocycles. The first-order valence-electron chi connectivity index (χ1n) is 5.63. The van der Waals surface area contributed by atoms with Crippen molar-refractivity contribution in [3.63, 3.8) is 0 Å². The number of hydrogen-bond donors (Lipinski definition) is 3. The van der Waals surface area contributed by atoms with Gasteiger partial charge in [-0.25, -0.2) is 4.79 Å². The van der Waals surface area contributed by atoms with E-state index in [1.807, 2.05) is 12.1 Å². The number of carboxylic acids is 1. The second-order valence-corrected chi connectivity index (χ2v) is 5.36. The van der Waals surface area contributed by atoms with Crippen LogP contribution in [0.4, 0.5) is 0 Å². The van der Waals surface area contributed by atoms with E-state index in [4.69, 9.17) is 9.84 Å². The molecule has 1 N–H and O–H groups in total. The van der Waals surface area contributed by atoms with Crippen LogP contribution in [0.1, 0.15) is 21.5 Å². The van der Waals surface area contributed by atoms with Crippen molar-refractivity contribution in [2.45, 2.75) is 16.2 Å². The van der Waals surface area contributed by atoms with Gasteiger partial charge in [0.05, 0.1) is 5.56 Å². The molecule has 0 spiro atoms. The van der Waals surface area contributed by atoms with E-state index in [0.29, 0.717) is 12.2 Å². The zero-order valence-electron chi connectivity index (χ0n) is 9.75. The van der Waals surface area contributed by atoms with Crippen LogP contribution in [0.3, 0.4) is 0 Å². The lowest BCUT2D eigenvalue weighted by atomic mass is 9.98. The molecule has 0 unspecified atom stereocenters. The van der Waals surface area contributed by atoms with Gasteiger partial charge in [0.15, 0.2) is 0 Å². The molecule has 96 valence electrons. The summed E-state index contributed by atoms with van der Waals surface area (Å²) < 4.78 is 5.79. The number of rotatable bonds is 1. The van der Waals surface area contributed by atoms with Gasteiger partial charge in [-0.15, -0.1) is 25.3 Å². The Bertz CT molecular complexity index is 695. The van der Waals surface area contributed by atoms with Gasteiger partial charge in [0, 0.05) is 27.3 Å². The van der Waals surface area contributed by atoms with E-state index in [2.05, 4.69) is 25.3 Å². The molecule has 0 bridgehead atoms. The van der Waals surface area contributed by atoms with Gasteiger partial charge < -0.3 is 9.84 Å². The molecule has 3 nitrogen and oxygen atoms in total. The van der Waals surface area contributed by atoms with Gasteiger partial charge >= 0.3 is 5.97 Å². The van der Waals surface area contributed by atoms with Gasteiger partial charge in [-0.2, -0.15) is 0 Å². The van der Waals surface area contributed by atoms with Crippen LogP contribution in [0.5, 0.6) is 11.5 Å². The first-order chi connectivity index (χ1) is 9.04. The molecule has 2 aromatic carbocycles. The lowest BCUT2D eigenvalue weighted by molar-refractivity contribution is 0.0696. The van der Waals surface area contributed by atoms with E-state index >= 15 is 0 Å². The Balaban J connectivity index is 2.09. The minimum Gasteiger partial charge on any atom is -0.478 e. The Morgan fingerprint density at radius 3 is 2.68 bits per heavy atom. The first kappa shape index (κ1) is 12.4. The van der Waals surface area contributed by atoms with Crippen molar-refractivity contribution in [3.8, 4) is 11.5 Å². The average molecular weight is 290 g/mol. The molecular formula is C14H10O3S2. The predicted molar refractivity (Wildman–Crippen MR) is 77.2 cm³/mol. The molecule has 1 aliphatic rings. The van der Waals surface area contributed by atoms with Crippen LogP contribution >= 0.6 is 25.3 Å². The maximum absolute atomic E-state index is 11.0. The molecule has 0 radical (unpaired) electrons. The summed E-state index contributed by atoms with van der Waals surface area (Å²) in [6, 6.07) is 8.60. The maximum Gasteiger partial charge on any atom is 0.335 e. The Kier molecular flexibility index (Phi) is 2.95. The van der Waals surface area contributed by atoms with E-state index in [1.54, 1.807) is 12.1 Å². The van der Waals surface area contributed by atoms with E-state index < -0.39 is 5.97 Å². The Hall–Kier alpha value is -1.59. The number of ether oxygens (including phenoxy) is 1. The number of thiol groups is 2. The monoisotopic (exact) mass is 290 g/mol. The molecule has 1 aliphatic heterocycles. The number of fused-ring (bicyclic) bond motifs is 2. The minimum atomic E-state index is -0.938. The summed E-state index contributed by atoms with van der Waals surface area (Å²) in [7, 11) is 0. The van der Waals surface area contributed by atoms with Gasteiger partial charge in [0.2, 0.25) is 0 Å². The highest BCUT2D eigenvalue weighted by atomic mass is 32.1. The van der Waals surface area contributed by atoms with Gasteiger partial charge in [-0.3, -0.25) is 0 Å². The second kappa shape index (κ2) is 4.51. The Labute approximate surface area is 121 Å². The molecule has 0 amide bonds. The molecular weight excluding hydrogens is 280 g/mol. The van der Waals surface area contributed by atoms with Crippen molar-refractivity contribution in [3.05, 3.63) is 47.0 Å². The van der Waals surface area contributed by atoms with Gasteiger partial charge in [-0.1, -0.05) is 0 Å². The SMILES string of the molecule is O=C(O)c1ccc2c(c1)Cc1cc(S)cc(S)c1O2. The highest BCUT2D eigenvalue weighted by Gasteiger charge is 2.20. The molecule has 3 rings (SSSR count). The van der Waals surface area contributed by atoms with Crippen molar-refractivity contribution in [1.29, 1.82) is 0 Å². The van der Waals surface area contributed by atoms with E-state index in [1.165, 1.54) is 6.07 Å². The van der Waals surface area contributed by atoms with Crippen molar-refractivity contribution in [2.75, 3.05) is 0 Å². The molecule has 2 aromatic rings. The zero-order valence-corrected chi connectivity index (χ0v) is 11.5. The van der Waals surface area contributed by atoms with E-state index in [0.717, 1.165) is 26.7 Å². The fourth-order valence-electron chi connectivity index (χ4n) is 2.17. The second-order valence-electron chi connectivity index (χ2n) is 4.36. The number of aromatic carboxylic acids is 1. The molecule has 0 saturated heterocycles. The van der Waals surface area contributed by atoms with Crippen LogP contribution in [0, 0.1) is 0 Å². The van der Waals surface area contributed by atoms with Crippen LogP contribution < -0.4 is 4.74 Å². The first-order valence-corrected chi connectivity index (χ1v) is 6.53. The van der Waals surface area contributed by atoms with E-state index in [9.17, 15) is 4.79 Å². The highest BCUT2D eigenvalue weighted by molar-refractivity contribution is 7.81. The number of hydrogen-bond acceptors (Lipinski definition) is 4. The summed E-state index contributed by atoms with van der Waals surface area (Å²) in [6.45, 7) is 0. The molecule has 0 aliphatic carbocycles. The normalized spacial score (nSPS) is 12.3. The van der Waals surface area contributed by atoms with Crippen LogP contribution in [-0.2, 0) is 6.42 Å². The molecule has 1 heterocycles. The largest absolute Gasteiger partial charge is 0.478 e. The topological polar surface area (TPSA) is 46.5 Å². The summed E-state index contributed by atoms with van der Waals surface area (Å²) in [5.74, 6) is 0.461. The highest BCUT2D eigenvalue weighted by Crippen LogP contribution is 2.41. The quantitative estimate of drug-likeness (QED) is 0.599. The van der Waals surface area contributed by atoms with Crippen LogP contribution in [0.25, 0.3) is 0 Å². The summed E-state index contributed by atoms with van der Waals surface area (Å²) in [4.78, 5) is 12.5. The average Bonchev–Trinajstić information content (AvgIpc) is 2.35. The summed E-state index contributed by atoms with van der Waals surface area (Å²) in [5.41, 5.74) is 2.09. The van der Waals surface area contributed by atoms with Crippen LogP contribution in [-0.4, -0.2) is 11.1 Å². The molecule has 19 heavy (non-hydrogen) atoms. The van der Waals surface area contributed by atoms with Crippen LogP contribution in [0.15, 0.2) is 40.1 Å². The summed E-state index contributed by atoms with van der Waals surface area (Å²) in [5, 5.41) is 9.00. The summed E-state index contributed by atoms with van der Waals surface area (Å²) in [6.07, 6.45) is 0.619. The van der Waals surface area contributed by atoms with Gasteiger partial charge in [-0.05, 0) is 30.3 Å². The Morgan fingerprint density at radius 1 is 1.16 bits per heavy atom. The van der Waals surface area contributed by atoms with Crippen molar-refractivity contribution in [1.82, 2.24) is 0 Å². The third-order valence-electron chi connectivity index (χ3n) is 3.03. The standard InChI is InChI=1S/C14H10O3S2/c15-14(16)7-1-2-11-8(3-7)4-9-5-10(18)6-12(19)13(9)17-11/h1-3,5-6,18-19H,4H2,(H,15,16). The molecule has 0 atom stereocenters. The fourth-order valence-corrected chi connectivity index (χ4v) is 2.89. The maximum atomic E-state index is 11.0. The van der Waals surface area contributed by atoms with Crippen molar-refractivity contribution < 1.29 is 14.6 Å². The summed E-state index contributed by atoms with van der Waals surface area (Å²) >= 11 is 8.69. The van der Waals surface area contributed by atoms with Crippen molar-refractivity contribution in [2.24, 2.45) is 0 Å². The molecule has 0 saturated carbocycles. The lowest BCUT2D eigenvalue weighted by Crippen LogP contribution is -2.06. The Morgan fingerprint density at radius 2 is 1.95 bits per heavy atom. The fraction of sp³-hybridized carbons (Fsp3) is 0.0714. The smallest absolute Gasteiger partial charge is 0.335 e. The lowest BCUT2D eigenvalue weighted by Gasteiger charge is -2.22.